The number of amides is 1. The lowest BCUT2D eigenvalue weighted by atomic mass is 10.1. The van der Waals surface area contributed by atoms with E-state index in [4.69, 9.17) is 4.74 Å². The van der Waals surface area contributed by atoms with Gasteiger partial charge >= 0.3 is 6.09 Å². The van der Waals surface area contributed by atoms with E-state index < -0.39 is 12.2 Å². The number of benzene rings is 1. The maximum atomic E-state index is 12.2. The number of carbonyl (C=O) groups excluding carboxylic acids is 2. The molecule has 1 rings (SSSR count). The number of ketones is 1. The van der Waals surface area contributed by atoms with Crippen molar-refractivity contribution in [2.75, 3.05) is 5.32 Å². The van der Waals surface area contributed by atoms with Crippen LogP contribution in [0.25, 0.3) is 0 Å². The summed E-state index contributed by atoms with van der Waals surface area (Å²) in [4.78, 5) is 24.0. The minimum absolute atomic E-state index is 0.0131. The van der Waals surface area contributed by atoms with Gasteiger partial charge in [-0.15, -0.1) is 0 Å². The van der Waals surface area contributed by atoms with E-state index in [1.54, 1.807) is 19.1 Å². The predicted molar refractivity (Wildman–Crippen MR) is 130 cm³/mol. The van der Waals surface area contributed by atoms with Gasteiger partial charge in [0.15, 0.2) is 11.9 Å². The Morgan fingerprint density at radius 1 is 0.839 bits per heavy atom. The second kappa shape index (κ2) is 18.7. The maximum absolute atomic E-state index is 12.2. The lowest BCUT2D eigenvalue weighted by Crippen LogP contribution is -2.26. The average Bonchev–Trinajstić information content (AvgIpc) is 2.76. The zero-order valence-electron chi connectivity index (χ0n) is 19.7. The first-order valence-electron chi connectivity index (χ1n) is 12.3. The predicted octanol–water partition coefficient (Wildman–Crippen LogP) is 8.23. The standard InChI is InChI=1S/C27H43NO3/c1-3-4-5-6-7-8-9-10-11-12-13-14-15-16-20-23-26(29)24(2)31-27(30)28-25-21-18-17-19-22-25/h10-11,17-19,21-22,24H,3-9,12-16,20,23H2,1-2H3,(H,28,30). The van der Waals surface area contributed by atoms with Gasteiger partial charge in [-0.2, -0.15) is 0 Å². The largest absolute Gasteiger partial charge is 0.438 e. The second-order valence-electron chi connectivity index (χ2n) is 8.34. The Hall–Kier alpha value is -2.10. The molecule has 1 atom stereocenters. The van der Waals surface area contributed by atoms with Gasteiger partial charge in [-0.3, -0.25) is 10.1 Å². The number of nitrogens with one attached hydrogen (secondary N) is 1. The van der Waals surface area contributed by atoms with Crippen LogP contribution in [0.4, 0.5) is 10.5 Å². The van der Waals surface area contributed by atoms with Crippen LogP contribution in [-0.4, -0.2) is 18.0 Å². The molecule has 31 heavy (non-hydrogen) atoms. The molecule has 1 N–H and O–H groups in total. The van der Waals surface area contributed by atoms with E-state index in [9.17, 15) is 9.59 Å². The van der Waals surface area contributed by atoms with E-state index in [0.29, 0.717) is 12.1 Å². The molecule has 0 heterocycles. The molecule has 0 fully saturated rings. The third kappa shape index (κ3) is 15.4. The molecular weight excluding hydrogens is 386 g/mol. The average molecular weight is 430 g/mol. The maximum Gasteiger partial charge on any atom is 0.412 e. The van der Waals surface area contributed by atoms with Gasteiger partial charge in [-0.1, -0.05) is 88.6 Å². The van der Waals surface area contributed by atoms with Crippen LogP contribution in [-0.2, 0) is 9.53 Å². The molecule has 0 aliphatic carbocycles. The molecule has 0 saturated carbocycles. The second-order valence-corrected chi connectivity index (χ2v) is 8.34. The van der Waals surface area contributed by atoms with Crippen LogP contribution < -0.4 is 5.32 Å². The van der Waals surface area contributed by atoms with Crippen LogP contribution in [0.3, 0.4) is 0 Å². The van der Waals surface area contributed by atoms with Crippen molar-refractivity contribution in [2.45, 2.75) is 110 Å². The lowest BCUT2D eigenvalue weighted by Gasteiger charge is -2.13. The molecule has 0 bridgehead atoms. The van der Waals surface area contributed by atoms with Gasteiger partial charge in [-0.25, -0.2) is 4.79 Å². The fraction of sp³-hybridized carbons (Fsp3) is 0.630. The molecule has 174 valence electrons. The highest BCUT2D eigenvalue weighted by atomic mass is 16.6. The highest BCUT2D eigenvalue weighted by Crippen LogP contribution is 2.12. The van der Waals surface area contributed by atoms with Crippen molar-refractivity contribution in [3.8, 4) is 0 Å². The summed E-state index contributed by atoms with van der Waals surface area (Å²) in [6.45, 7) is 3.90. The van der Waals surface area contributed by atoms with Crippen molar-refractivity contribution in [3.05, 3.63) is 42.5 Å². The van der Waals surface area contributed by atoms with E-state index >= 15 is 0 Å². The SMILES string of the molecule is CCCCCCCCC=CCCCCCCCC(=O)C(C)OC(=O)Nc1ccccc1. The van der Waals surface area contributed by atoms with Crippen molar-refractivity contribution in [2.24, 2.45) is 0 Å². The van der Waals surface area contributed by atoms with Crippen LogP contribution in [0.15, 0.2) is 42.5 Å². The van der Waals surface area contributed by atoms with Crippen molar-refractivity contribution in [1.82, 2.24) is 0 Å². The van der Waals surface area contributed by atoms with Crippen molar-refractivity contribution in [3.63, 3.8) is 0 Å². The molecule has 0 saturated heterocycles. The quantitative estimate of drug-likeness (QED) is 0.189. The molecule has 4 nitrogen and oxygen atoms in total. The summed E-state index contributed by atoms with van der Waals surface area (Å²) in [5.74, 6) is -0.0131. The lowest BCUT2D eigenvalue weighted by molar-refractivity contribution is -0.126. The van der Waals surface area contributed by atoms with Gasteiger partial charge in [-0.05, 0) is 51.2 Å². The van der Waals surface area contributed by atoms with Crippen molar-refractivity contribution < 1.29 is 14.3 Å². The van der Waals surface area contributed by atoms with Gasteiger partial charge in [0.1, 0.15) is 0 Å². The number of hydrogen-bond acceptors (Lipinski definition) is 3. The number of unbranched alkanes of at least 4 members (excludes halogenated alkanes) is 11. The van der Waals surface area contributed by atoms with Crippen molar-refractivity contribution >= 4 is 17.6 Å². The molecule has 4 heteroatoms. The normalized spacial score (nSPS) is 12.1. The summed E-state index contributed by atoms with van der Waals surface area (Å²) >= 11 is 0. The van der Waals surface area contributed by atoms with E-state index in [2.05, 4.69) is 24.4 Å². The number of hydrogen-bond donors (Lipinski definition) is 1. The molecular formula is C27H43NO3. The highest BCUT2D eigenvalue weighted by molar-refractivity contribution is 5.89. The molecule has 1 aromatic rings. The third-order valence-corrected chi connectivity index (χ3v) is 5.44. The molecule has 1 aromatic carbocycles. The van der Waals surface area contributed by atoms with E-state index in [0.717, 1.165) is 25.7 Å². The fourth-order valence-electron chi connectivity index (χ4n) is 3.47. The molecule has 1 unspecified atom stereocenters. The Balaban J connectivity index is 1.94. The smallest absolute Gasteiger partial charge is 0.412 e. The van der Waals surface area contributed by atoms with Crippen LogP contribution in [0, 0.1) is 0 Å². The minimum Gasteiger partial charge on any atom is -0.438 e. The van der Waals surface area contributed by atoms with Crippen molar-refractivity contribution in [1.29, 1.82) is 0 Å². The first-order chi connectivity index (χ1) is 15.1. The summed E-state index contributed by atoms with van der Waals surface area (Å²) in [6, 6.07) is 9.09. The summed E-state index contributed by atoms with van der Waals surface area (Å²) in [6.07, 6.45) is 19.9. The molecule has 0 aliphatic heterocycles. The molecule has 0 spiro atoms. The van der Waals surface area contributed by atoms with Crippen LogP contribution >= 0.6 is 0 Å². The third-order valence-electron chi connectivity index (χ3n) is 5.44. The number of anilines is 1. The number of ether oxygens (including phenoxy) is 1. The molecule has 0 aliphatic rings. The zero-order valence-corrected chi connectivity index (χ0v) is 19.7. The first kappa shape index (κ1) is 26.9. The Kier molecular flexibility index (Phi) is 16.2. The highest BCUT2D eigenvalue weighted by Gasteiger charge is 2.17. The minimum atomic E-state index is -0.708. The topological polar surface area (TPSA) is 55.4 Å². The first-order valence-corrected chi connectivity index (χ1v) is 12.3. The number of allylic oxidation sites excluding steroid dienone is 2. The van der Waals surface area contributed by atoms with Gasteiger partial charge in [0.05, 0.1) is 0 Å². The fourth-order valence-corrected chi connectivity index (χ4v) is 3.47. The number of carbonyl (C=O) groups is 2. The number of Topliss-reactive ketones (excluding diaryl/α,β-unsaturated/α-hetero) is 1. The summed E-state index contributed by atoms with van der Waals surface area (Å²) in [7, 11) is 0. The summed E-state index contributed by atoms with van der Waals surface area (Å²) < 4.78 is 5.18. The van der Waals surface area contributed by atoms with E-state index in [1.807, 2.05) is 18.2 Å². The van der Waals surface area contributed by atoms with Crippen LogP contribution in [0.1, 0.15) is 104 Å². The number of para-hydroxylation sites is 1. The van der Waals surface area contributed by atoms with Gasteiger partial charge in [0.25, 0.3) is 0 Å². The van der Waals surface area contributed by atoms with E-state index in [1.165, 1.54) is 57.8 Å². The van der Waals surface area contributed by atoms with Gasteiger partial charge < -0.3 is 4.74 Å². The van der Waals surface area contributed by atoms with E-state index in [-0.39, 0.29) is 5.78 Å². The molecule has 0 aromatic heterocycles. The Morgan fingerprint density at radius 3 is 2.00 bits per heavy atom. The van der Waals surface area contributed by atoms with Gasteiger partial charge in [0, 0.05) is 12.1 Å². The number of rotatable bonds is 18. The zero-order chi connectivity index (χ0) is 22.6. The molecule has 1 amide bonds. The summed E-state index contributed by atoms with van der Waals surface area (Å²) in [5.41, 5.74) is 0.657. The Morgan fingerprint density at radius 2 is 1.39 bits per heavy atom. The van der Waals surface area contributed by atoms with Crippen LogP contribution in [0.2, 0.25) is 0 Å². The van der Waals surface area contributed by atoms with Gasteiger partial charge in [0.2, 0.25) is 0 Å². The van der Waals surface area contributed by atoms with Crippen LogP contribution in [0.5, 0.6) is 0 Å². The Labute approximate surface area is 189 Å². The molecule has 0 radical (unpaired) electrons. The monoisotopic (exact) mass is 429 g/mol. The summed E-state index contributed by atoms with van der Waals surface area (Å²) in [5, 5.41) is 2.63. The Bertz CT molecular complexity index is 612.